The number of ketones is 1. The molecule has 2 heterocycles. The van der Waals surface area contributed by atoms with Crippen LogP contribution in [0.25, 0.3) is 0 Å². The number of carbonyl (C=O) groups is 1. The molecule has 0 spiro atoms. The van der Waals surface area contributed by atoms with Gasteiger partial charge in [0.2, 0.25) is 14.1 Å². The van der Waals surface area contributed by atoms with E-state index in [0.29, 0.717) is 50.1 Å². The van der Waals surface area contributed by atoms with Crippen LogP contribution in [0.4, 0.5) is 5.82 Å². The molecule has 3 aromatic rings. The van der Waals surface area contributed by atoms with Crippen LogP contribution >= 0.6 is 34.5 Å². The summed E-state index contributed by atoms with van der Waals surface area (Å²) >= 11 is 11.9. The fraction of sp³-hybridized carbons (Fsp3) is 0.500. The molecule has 4 rings (SSSR count). The van der Waals surface area contributed by atoms with Gasteiger partial charge in [0, 0.05) is 47.1 Å². The van der Waals surface area contributed by atoms with E-state index in [0.717, 1.165) is 11.3 Å². The van der Waals surface area contributed by atoms with E-state index in [1.54, 1.807) is 24.3 Å². The van der Waals surface area contributed by atoms with Crippen molar-refractivity contribution in [2.75, 3.05) is 11.9 Å². The van der Waals surface area contributed by atoms with E-state index in [2.05, 4.69) is 61.5 Å². The van der Waals surface area contributed by atoms with Crippen LogP contribution in [0.3, 0.4) is 0 Å². The van der Waals surface area contributed by atoms with Crippen molar-refractivity contribution in [1.82, 2.24) is 14.7 Å². The van der Waals surface area contributed by atoms with E-state index in [9.17, 15) is 22.3 Å². The highest BCUT2D eigenvalue weighted by Crippen LogP contribution is 2.46. The van der Waals surface area contributed by atoms with Crippen molar-refractivity contribution in [3.05, 3.63) is 62.7 Å². The maximum absolute atomic E-state index is 13.8. The van der Waals surface area contributed by atoms with Crippen LogP contribution in [0.2, 0.25) is 26.0 Å². The summed E-state index contributed by atoms with van der Waals surface area (Å²) in [5.74, 6) is -0.302. The normalized spacial score (nSPS) is 19.7. The summed E-state index contributed by atoms with van der Waals surface area (Å²) in [5, 5.41) is 3.82. The lowest BCUT2D eigenvalue weighted by Crippen LogP contribution is -2.51. The predicted octanol–water partition coefficient (Wildman–Crippen LogP) is 7.39. The molecule has 3 N–H and O–H groups in total. The Kier molecular flexibility index (Phi) is 12.4. The van der Waals surface area contributed by atoms with Gasteiger partial charge in [0.1, 0.15) is 16.5 Å². The highest BCUT2D eigenvalue weighted by atomic mass is 35.5. The molecule has 1 fully saturated rings. The second-order valence-electron chi connectivity index (χ2n) is 12.5. The second-order valence-corrected chi connectivity index (χ2v) is 22.6. The zero-order chi connectivity index (χ0) is 34.0. The van der Waals surface area contributed by atoms with E-state index in [4.69, 9.17) is 27.6 Å². The second kappa shape index (κ2) is 15.3. The summed E-state index contributed by atoms with van der Waals surface area (Å²) in [5.41, 5.74) is 1.16. The number of hydrogen-bond acceptors (Lipinski definition) is 9. The number of aromatic nitrogens is 2. The molecule has 1 aliphatic rings. The molecule has 1 unspecified atom stereocenters. The van der Waals surface area contributed by atoms with Gasteiger partial charge in [0.15, 0.2) is 9.79 Å². The molecule has 0 bridgehead atoms. The highest BCUT2D eigenvalue weighted by molar-refractivity contribution is 7.91. The van der Waals surface area contributed by atoms with E-state index < -0.39 is 29.8 Å². The number of rotatable bonds is 14. The molecule has 2 aromatic heterocycles. The third kappa shape index (κ3) is 8.51. The van der Waals surface area contributed by atoms with Gasteiger partial charge in [0.05, 0.1) is 16.5 Å². The molecule has 16 heteroatoms. The number of halogens is 2. The average Bonchev–Trinajstić information content (AvgIpc) is 3.55. The minimum Gasteiger partial charge on any atom is -0.606 e. The number of thiophene rings is 1. The number of nitrogens with one attached hydrogen (secondary N) is 2. The minimum atomic E-state index is -4.40. The summed E-state index contributed by atoms with van der Waals surface area (Å²) in [7, 11) is -6.73. The average molecular weight is 748 g/mol. The molecule has 0 saturated heterocycles. The van der Waals surface area contributed by atoms with Gasteiger partial charge in [-0.25, -0.2) is 9.97 Å². The van der Waals surface area contributed by atoms with Crippen LogP contribution in [-0.2, 0) is 25.9 Å². The van der Waals surface area contributed by atoms with Gasteiger partial charge >= 0.3 is 10.3 Å². The maximum Gasteiger partial charge on any atom is 0.333 e. The Hall–Kier alpha value is -1.59. The smallest absolute Gasteiger partial charge is 0.333 e. The molecule has 4 atom stereocenters. The fourth-order valence-corrected chi connectivity index (χ4v) is 15.7. The van der Waals surface area contributed by atoms with Gasteiger partial charge in [0.25, 0.3) is 0 Å². The third-order valence-electron chi connectivity index (χ3n) is 8.61. The molecule has 0 amide bonds. The van der Waals surface area contributed by atoms with Crippen LogP contribution in [0, 0.1) is 5.92 Å². The highest BCUT2D eigenvalue weighted by Gasteiger charge is 2.49. The van der Waals surface area contributed by atoms with Crippen molar-refractivity contribution in [3.8, 4) is 0 Å². The molecular formula is C30H40Cl2N4O6S3Si. The van der Waals surface area contributed by atoms with E-state index >= 15 is 0 Å². The zero-order valence-corrected chi connectivity index (χ0v) is 31.5. The number of carbonyl (C=O) groups excluding carboxylic acids is 1. The maximum atomic E-state index is 13.8. The summed E-state index contributed by atoms with van der Waals surface area (Å²) in [4.78, 5) is 23.3. The first kappa shape index (κ1) is 37.2. The predicted molar refractivity (Wildman–Crippen MR) is 187 cm³/mol. The van der Waals surface area contributed by atoms with E-state index in [1.165, 1.54) is 18.6 Å². The van der Waals surface area contributed by atoms with Gasteiger partial charge in [-0.3, -0.25) is 9.35 Å². The number of hydrogen-bond donors (Lipinski definition) is 3. The first-order valence-electron chi connectivity index (χ1n) is 15.0. The number of benzene rings is 1. The Labute approximate surface area is 289 Å². The van der Waals surface area contributed by atoms with Crippen molar-refractivity contribution < 1.29 is 26.7 Å². The Bertz CT molecular complexity index is 1620. The zero-order valence-electron chi connectivity index (χ0n) is 26.5. The van der Waals surface area contributed by atoms with Crippen LogP contribution < -0.4 is 10.0 Å². The molecule has 46 heavy (non-hydrogen) atoms. The Morgan fingerprint density at radius 2 is 1.83 bits per heavy atom. The number of nitrogens with zero attached hydrogens (tertiary/aromatic N) is 2. The van der Waals surface area contributed by atoms with Gasteiger partial charge in [-0.2, -0.15) is 13.1 Å². The lowest BCUT2D eigenvalue weighted by atomic mass is 10.1. The summed E-state index contributed by atoms with van der Waals surface area (Å²) in [6.07, 6.45) is 3.54. The molecule has 10 nitrogen and oxygen atoms in total. The molecular weight excluding hydrogens is 708 g/mol. The monoisotopic (exact) mass is 746 g/mol. The largest absolute Gasteiger partial charge is 0.606 e. The van der Waals surface area contributed by atoms with Gasteiger partial charge in [-0.1, -0.05) is 70.8 Å². The lowest BCUT2D eigenvalue weighted by molar-refractivity contribution is 0.104. The standard InChI is InChI=1S/C30H40Cl2N4O6S3Si/c1-17(2)46(18(3)4,19(5)6)42-25-12-22(10-20(25)14-35-45(39,40)41)36-30-24(15-33-16-34-30)28(37)26-13-27(29(32)43-26)44(38)23-9-7-8-21(31)11-23/h7-9,11,13,15-20,22,25,35H,10,12,14H2,1-6H3,(H,33,34,36)(H,39,40,41)/t20-,22-,25+,44?/m1/s1. The molecule has 0 radical (unpaired) electrons. The van der Waals surface area contributed by atoms with E-state index in [1.807, 2.05) is 0 Å². The summed E-state index contributed by atoms with van der Waals surface area (Å²) in [6.45, 7) is 13.1. The quantitative estimate of drug-likeness (QED) is 0.0663. The first-order valence-corrected chi connectivity index (χ1v) is 21.3. The van der Waals surface area contributed by atoms with Gasteiger partial charge in [-0.05, 0) is 47.5 Å². The summed E-state index contributed by atoms with van der Waals surface area (Å²) in [6, 6.07) is 7.95. The van der Waals surface area contributed by atoms with Crippen LogP contribution in [0.15, 0.2) is 52.6 Å². The van der Waals surface area contributed by atoms with Crippen molar-refractivity contribution in [2.24, 2.45) is 5.92 Å². The van der Waals surface area contributed by atoms with Gasteiger partial charge in [-0.15, -0.1) is 11.3 Å². The van der Waals surface area contributed by atoms with Crippen molar-refractivity contribution in [1.29, 1.82) is 0 Å². The fourth-order valence-electron chi connectivity index (χ4n) is 6.68. The van der Waals surface area contributed by atoms with Crippen molar-refractivity contribution in [2.45, 2.75) is 92.9 Å². The SMILES string of the molecule is CC(C)[Si](O[C@H]1C[C@H](Nc2ncncc2C(=O)c2cc([S+]([O-])c3cccc(Cl)c3)c(Cl)s2)C[C@@H]1CNS(=O)(=O)O)(C(C)C)C(C)C. The third-order valence-corrected chi connectivity index (χ3v) is 18.5. The summed E-state index contributed by atoms with van der Waals surface area (Å²) < 4.78 is 55.4. The van der Waals surface area contributed by atoms with Crippen molar-refractivity contribution in [3.63, 3.8) is 0 Å². The van der Waals surface area contributed by atoms with Crippen LogP contribution in [-0.4, -0.2) is 60.3 Å². The Morgan fingerprint density at radius 3 is 2.43 bits per heavy atom. The molecule has 252 valence electrons. The van der Waals surface area contributed by atoms with Crippen LogP contribution in [0.5, 0.6) is 0 Å². The first-order chi connectivity index (χ1) is 21.5. The number of anilines is 1. The Morgan fingerprint density at radius 1 is 1.15 bits per heavy atom. The molecule has 1 aliphatic carbocycles. The van der Waals surface area contributed by atoms with E-state index in [-0.39, 0.29) is 45.2 Å². The van der Waals surface area contributed by atoms with Gasteiger partial charge < -0.3 is 14.3 Å². The van der Waals surface area contributed by atoms with Crippen molar-refractivity contribution >= 4 is 75.9 Å². The molecule has 1 saturated carbocycles. The van der Waals surface area contributed by atoms with Crippen LogP contribution in [0.1, 0.15) is 69.6 Å². The molecule has 0 aliphatic heterocycles. The lowest BCUT2D eigenvalue weighted by Gasteiger charge is -2.45. The molecule has 1 aromatic carbocycles. The topological polar surface area (TPSA) is 154 Å². The minimum absolute atomic E-state index is 0.0102. The Balaban J connectivity index is 1.59.